The number of phosphoric acid groups is 1. The number of carboxylic acid groups (broad SMARTS) is 2. The molecule has 0 heterocycles. The van der Waals surface area contributed by atoms with Crippen molar-refractivity contribution < 1.29 is 34.3 Å². The van der Waals surface area contributed by atoms with E-state index in [1.807, 2.05) is 0 Å². The van der Waals surface area contributed by atoms with Crippen molar-refractivity contribution in [3.05, 3.63) is 0 Å². The Kier molecular flexibility index (Phi) is 27.0. The third kappa shape index (κ3) is 204. The van der Waals surface area contributed by atoms with Gasteiger partial charge in [-0.1, -0.05) is 0 Å². The van der Waals surface area contributed by atoms with E-state index >= 15 is 0 Å². The number of rotatable bonds is 0. The summed E-state index contributed by atoms with van der Waals surface area (Å²) in [5.41, 5.74) is 0. The van der Waals surface area contributed by atoms with Gasteiger partial charge < -0.3 is 24.9 Å². The zero-order valence-electron chi connectivity index (χ0n) is 4.00. The second kappa shape index (κ2) is 12.7. The van der Waals surface area contributed by atoms with Crippen LogP contribution < -0.4 is 0 Å². The third-order valence-electron chi connectivity index (χ3n) is 0. The van der Waals surface area contributed by atoms with Crippen LogP contribution in [0, 0.1) is 0 Å². The Morgan fingerprint density at radius 1 is 1.00 bits per heavy atom. The number of hydrogen-bond acceptors (Lipinski definition) is 2. The van der Waals surface area contributed by atoms with Crippen LogP contribution in [0.25, 0.3) is 0 Å². The molecular weight excluding hydrogens is 233 g/mol. The molecule has 0 aliphatic carbocycles. The molecule has 0 spiro atoms. The molecule has 0 atom stereocenters. The Labute approximate surface area is 147 Å². The van der Waals surface area contributed by atoms with Crippen molar-refractivity contribution in [2.24, 2.45) is 0 Å². The van der Waals surface area contributed by atoms with E-state index in [-0.39, 0.29) is 103 Å². The van der Waals surface area contributed by atoms with Crippen LogP contribution in [0.2, 0.25) is 0 Å². The van der Waals surface area contributed by atoms with Crippen molar-refractivity contribution in [1.29, 1.82) is 0 Å². The molecule has 10 heteroatoms. The van der Waals surface area contributed by atoms with Gasteiger partial charge in [0.2, 0.25) is 0 Å². The molecule has 0 amide bonds. The fourth-order valence-electron chi connectivity index (χ4n) is 0. The van der Waals surface area contributed by atoms with Crippen LogP contribution in [0.1, 0.15) is 0 Å². The fourth-order valence-corrected chi connectivity index (χ4v) is 0. The molecule has 0 saturated carbocycles. The van der Waals surface area contributed by atoms with Crippen molar-refractivity contribution in [1.82, 2.24) is 0 Å². The summed E-state index contributed by atoms with van der Waals surface area (Å²) < 4.78 is 8.88. The molecule has 0 aromatic rings. The van der Waals surface area contributed by atoms with Crippen molar-refractivity contribution in [2.75, 3.05) is 0 Å². The van der Waals surface area contributed by atoms with Gasteiger partial charge in [0.1, 0.15) is 0 Å². The zero-order valence-corrected chi connectivity index (χ0v) is 4.89. The quantitative estimate of drug-likeness (QED) is 0.244. The first-order chi connectivity index (χ1) is 3.73. The summed E-state index contributed by atoms with van der Waals surface area (Å²) in [6.45, 7) is 0. The van der Waals surface area contributed by atoms with Crippen molar-refractivity contribution in [2.45, 2.75) is 0 Å². The van der Waals surface area contributed by atoms with E-state index in [1.54, 1.807) is 0 Å². The molecule has 11 heavy (non-hydrogen) atoms. The number of carbonyl (C=O) groups is 1. The van der Waals surface area contributed by atoms with Crippen LogP contribution in [-0.4, -0.2) is 134 Å². The first kappa shape index (κ1) is 23.5. The topological polar surface area (TPSA) is 135 Å². The Balaban J connectivity index is -0.0000000383. The monoisotopic (exact) mass is 240 g/mol. The molecule has 0 saturated heterocycles. The summed E-state index contributed by atoms with van der Waals surface area (Å²) in [6.07, 6.45) is -1.83. The molecule has 0 aromatic heterocycles. The minimum absolute atomic E-state index is 0. The van der Waals surface area contributed by atoms with Gasteiger partial charge in [0, 0.05) is 0 Å². The molecule has 0 aliphatic rings. The molecule has 0 bridgehead atoms. The SMILES string of the molecule is O=C(O)O.O=P(O)(O)O.[KH].[KH]. The summed E-state index contributed by atoms with van der Waals surface area (Å²) in [5, 5.41) is 13.9. The Bertz CT molecular complexity index is 116. The molecule has 0 rings (SSSR count). The predicted molar refractivity (Wildman–Crippen MR) is 39.2 cm³/mol. The van der Waals surface area contributed by atoms with Crippen LogP contribution >= 0.6 is 7.82 Å². The van der Waals surface area contributed by atoms with E-state index in [1.165, 1.54) is 0 Å². The standard InChI is InChI=1S/CH2O3.2K.H3O4P.2H/c2-1(3)4;;;1-5(2,3)4;;/h(H2,2,3,4);;;(H3,1,2,3,4);;. The fraction of sp³-hybridized carbons (Fsp3) is 0. The number of hydrogen-bond donors (Lipinski definition) is 5. The van der Waals surface area contributed by atoms with E-state index in [2.05, 4.69) is 0 Å². The first-order valence-corrected chi connectivity index (χ1v) is 3.00. The maximum absolute atomic E-state index is 8.88. The average molecular weight is 240 g/mol. The first-order valence-electron chi connectivity index (χ1n) is 1.43. The summed E-state index contributed by atoms with van der Waals surface area (Å²) in [4.78, 5) is 30.1. The molecule has 0 radical (unpaired) electrons. The molecule has 5 N–H and O–H groups in total. The van der Waals surface area contributed by atoms with Gasteiger partial charge in [0.05, 0.1) is 0 Å². The molecule has 0 unspecified atom stereocenters. The van der Waals surface area contributed by atoms with Crippen LogP contribution in [0.4, 0.5) is 4.79 Å². The van der Waals surface area contributed by atoms with Crippen LogP contribution in [0.15, 0.2) is 0 Å². The molecule has 7 nitrogen and oxygen atoms in total. The second-order valence-corrected chi connectivity index (χ2v) is 1.82. The zero-order chi connectivity index (χ0) is 8.08. The second-order valence-electron chi connectivity index (χ2n) is 0.796. The van der Waals surface area contributed by atoms with Gasteiger partial charge in [0.15, 0.2) is 0 Å². The van der Waals surface area contributed by atoms with E-state index in [0.717, 1.165) is 0 Å². The Morgan fingerprint density at radius 3 is 1.00 bits per heavy atom. The van der Waals surface area contributed by atoms with E-state index in [4.69, 9.17) is 34.3 Å². The maximum atomic E-state index is 8.88. The van der Waals surface area contributed by atoms with Gasteiger partial charge >= 0.3 is 117 Å². The average Bonchev–Trinajstić information content (AvgIpc) is 1.19. The Hall–Kier alpha value is 2.65. The minimum atomic E-state index is -4.64. The van der Waals surface area contributed by atoms with E-state index in [0.29, 0.717) is 0 Å². The summed E-state index contributed by atoms with van der Waals surface area (Å²) in [5.74, 6) is 0. The summed E-state index contributed by atoms with van der Waals surface area (Å²) >= 11 is 0. The molecule has 0 aromatic carbocycles. The van der Waals surface area contributed by atoms with Gasteiger partial charge in [-0.2, -0.15) is 0 Å². The van der Waals surface area contributed by atoms with Crippen molar-refractivity contribution in [3.63, 3.8) is 0 Å². The van der Waals surface area contributed by atoms with Crippen LogP contribution in [0.5, 0.6) is 0 Å². The Morgan fingerprint density at radius 2 is 1.00 bits per heavy atom. The van der Waals surface area contributed by atoms with Gasteiger partial charge in [0.25, 0.3) is 0 Å². The van der Waals surface area contributed by atoms with Gasteiger partial charge in [-0.15, -0.1) is 0 Å². The van der Waals surface area contributed by atoms with Crippen LogP contribution in [-0.2, 0) is 4.57 Å². The summed E-state index contributed by atoms with van der Waals surface area (Å²) in [7, 11) is -4.64. The van der Waals surface area contributed by atoms with Gasteiger partial charge in [-0.25, -0.2) is 9.36 Å². The van der Waals surface area contributed by atoms with Gasteiger partial charge in [-0.3, -0.25) is 0 Å². The molecule has 0 fully saturated rings. The molecular formula is CH7K2O7P. The van der Waals surface area contributed by atoms with Gasteiger partial charge in [-0.05, 0) is 0 Å². The third-order valence-corrected chi connectivity index (χ3v) is 0. The van der Waals surface area contributed by atoms with Crippen LogP contribution in [0.3, 0.4) is 0 Å². The summed E-state index contributed by atoms with van der Waals surface area (Å²) in [6, 6.07) is 0. The predicted octanol–water partition coefficient (Wildman–Crippen LogP) is -2.00. The molecule has 0 aliphatic heterocycles. The van der Waals surface area contributed by atoms with Crippen molar-refractivity contribution >= 4 is 117 Å². The normalized spacial score (nSPS) is 7.55. The molecule has 60 valence electrons. The van der Waals surface area contributed by atoms with E-state index < -0.39 is 14.0 Å². The van der Waals surface area contributed by atoms with E-state index in [9.17, 15) is 0 Å². The van der Waals surface area contributed by atoms with Crippen molar-refractivity contribution in [3.8, 4) is 0 Å².